The van der Waals surface area contributed by atoms with Gasteiger partial charge in [0.2, 0.25) is 0 Å². The Bertz CT molecular complexity index is 964. The molecule has 0 bridgehead atoms. The third-order valence-corrected chi connectivity index (χ3v) is 4.80. The Morgan fingerprint density at radius 2 is 1.92 bits per heavy atom. The van der Waals surface area contributed by atoms with E-state index in [1.807, 2.05) is 18.2 Å². The minimum atomic E-state index is -0.351. The second kappa shape index (κ2) is 5.48. The van der Waals surface area contributed by atoms with E-state index in [2.05, 4.69) is 42.2 Å². The fourth-order valence-corrected chi connectivity index (χ4v) is 3.23. The Balaban J connectivity index is 1.93. The van der Waals surface area contributed by atoms with Crippen molar-refractivity contribution in [3.8, 4) is 0 Å². The number of hydrogen-bond acceptors (Lipinski definition) is 3. The zero-order valence-electron chi connectivity index (χ0n) is 13.8. The maximum atomic E-state index is 13.8. The largest absolute Gasteiger partial charge is 0.276 e. The topological polar surface area (TPSA) is 38.1 Å². The standard InChI is InChI=1S/C20H18FN3/c1-3-20(2)12-14-7-4-5-9-15(14)19(22-20)17-11-13-8-6-10-16(21)18(13)24-23-17/h4-11H,3,12H2,1-2H3. The molecule has 2 aromatic carbocycles. The molecule has 0 spiro atoms. The molecule has 0 fully saturated rings. The average molecular weight is 319 g/mol. The Hall–Kier alpha value is -2.62. The number of rotatable bonds is 2. The van der Waals surface area contributed by atoms with Gasteiger partial charge in [0.25, 0.3) is 0 Å². The SMILES string of the molecule is CCC1(C)Cc2ccccc2C(c2cc3cccc(F)c3nn2)=N1. The number of halogens is 1. The first-order valence-electron chi connectivity index (χ1n) is 8.20. The quantitative estimate of drug-likeness (QED) is 0.705. The van der Waals surface area contributed by atoms with E-state index in [9.17, 15) is 4.39 Å². The number of benzene rings is 2. The van der Waals surface area contributed by atoms with E-state index in [0.29, 0.717) is 11.2 Å². The van der Waals surface area contributed by atoms with Crippen LogP contribution in [0.1, 0.15) is 37.1 Å². The van der Waals surface area contributed by atoms with Crippen LogP contribution in [0.3, 0.4) is 0 Å². The molecule has 2 heterocycles. The van der Waals surface area contributed by atoms with Gasteiger partial charge in [0.05, 0.1) is 11.3 Å². The van der Waals surface area contributed by atoms with Gasteiger partial charge in [-0.3, -0.25) is 4.99 Å². The summed E-state index contributed by atoms with van der Waals surface area (Å²) in [5.41, 5.74) is 4.05. The first-order valence-corrected chi connectivity index (χ1v) is 8.20. The van der Waals surface area contributed by atoms with E-state index < -0.39 is 0 Å². The lowest BCUT2D eigenvalue weighted by molar-refractivity contribution is 0.448. The van der Waals surface area contributed by atoms with E-state index in [1.165, 1.54) is 11.6 Å². The highest BCUT2D eigenvalue weighted by molar-refractivity contribution is 6.14. The summed E-state index contributed by atoms with van der Waals surface area (Å²) in [6.45, 7) is 4.31. The Kier molecular flexibility index (Phi) is 3.41. The van der Waals surface area contributed by atoms with Crippen LogP contribution in [0, 0.1) is 5.82 Å². The fourth-order valence-electron chi connectivity index (χ4n) is 3.23. The molecule has 1 atom stereocenters. The minimum Gasteiger partial charge on any atom is -0.276 e. The van der Waals surface area contributed by atoms with Crippen LogP contribution < -0.4 is 0 Å². The summed E-state index contributed by atoms with van der Waals surface area (Å²) in [5, 5.41) is 9.11. The first kappa shape index (κ1) is 14.9. The van der Waals surface area contributed by atoms with Crippen LogP contribution in [0.15, 0.2) is 53.5 Å². The summed E-state index contributed by atoms with van der Waals surface area (Å²) in [6.07, 6.45) is 1.86. The van der Waals surface area contributed by atoms with Crippen molar-refractivity contribution in [2.24, 2.45) is 4.99 Å². The van der Waals surface area contributed by atoms with Crippen molar-refractivity contribution in [1.29, 1.82) is 0 Å². The van der Waals surface area contributed by atoms with Gasteiger partial charge in [-0.1, -0.05) is 43.3 Å². The molecule has 0 aliphatic carbocycles. The molecule has 3 aromatic rings. The predicted molar refractivity (Wildman–Crippen MR) is 94.0 cm³/mol. The number of fused-ring (bicyclic) bond motifs is 2. The fraction of sp³-hybridized carbons (Fsp3) is 0.250. The number of hydrogen-bond donors (Lipinski definition) is 0. The lowest BCUT2D eigenvalue weighted by Crippen LogP contribution is -2.32. The summed E-state index contributed by atoms with van der Waals surface area (Å²) in [7, 11) is 0. The van der Waals surface area contributed by atoms with Crippen LogP contribution >= 0.6 is 0 Å². The van der Waals surface area contributed by atoms with Crippen LogP contribution in [0.2, 0.25) is 0 Å². The molecule has 1 unspecified atom stereocenters. The summed E-state index contributed by atoms with van der Waals surface area (Å²) in [5.74, 6) is -0.351. The molecule has 0 saturated heterocycles. The van der Waals surface area contributed by atoms with Gasteiger partial charge in [-0.05, 0) is 37.5 Å². The first-order chi connectivity index (χ1) is 11.6. The summed E-state index contributed by atoms with van der Waals surface area (Å²) < 4.78 is 13.8. The van der Waals surface area contributed by atoms with Crippen molar-refractivity contribution in [3.05, 3.63) is 71.2 Å². The second-order valence-electron chi connectivity index (χ2n) is 6.55. The van der Waals surface area contributed by atoms with Crippen molar-refractivity contribution in [2.45, 2.75) is 32.2 Å². The molecular weight excluding hydrogens is 301 g/mol. The molecule has 4 rings (SSSR count). The molecule has 0 amide bonds. The second-order valence-corrected chi connectivity index (χ2v) is 6.55. The van der Waals surface area contributed by atoms with Gasteiger partial charge in [0.15, 0.2) is 5.82 Å². The van der Waals surface area contributed by atoms with Gasteiger partial charge in [-0.15, -0.1) is 10.2 Å². The van der Waals surface area contributed by atoms with Crippen LogP contribution in [0.5, 0.6) is 0 Å². The van der Waals surface area contributed by atoms with E-state index in [1.54, 1.807) is 6.07 Å². The molecule has 1 aliphatic rings. The summed E-state index contributed by atoms with van der Waals surface area (Å²) in [6, 6.07) is 15.1. The van der Waals surface area contributed by atoms with E-state index in [0.717, 1.165) is 29.5 Å². The molecule has 1 aliphatic heterocycles. The Morgan fingerprint density at radius 1 is 1.08 bits per heavy atom. The van der Waals surface area contributed by atoms with Crippen LogP contribution in [-0.4, -0.2) is 21.4 Å². The molecule has 0 N–H and O–H groups in total. The lowest BCUT2D eigenvalue weighted by atomic mass is 9.83. The van der Waals surface area contributed by atoms with Gasteiger partial charge in [-0.2, -0.15) is 0 Å². The molecule has 3 nitrogen and oxygen atoms in total. The van der Waals surface area contributed by atoms with Crippen molar-refractivity contribution in [3.63, 3.8) is 0 Å². The van der Waals surface area contributed by atoms with E-state index in [-0.39, 0.29) is 11.4 Å². The third kappa shape index (κ3) is 2.39. The maximum Gasteiger partial charge on any atom is 0.151 e. The van der Waals surface area contributed by atoms with Gasteiger partial charge in [0, 0.05) is 10.9 Å². The van der Waals surface area contributed by atoms with E-state index in [4.69, 9.17) is 4.99 Å². The van der Waals surface area contributed by atoms with Gasteiger partial charge >= 0.3 is 0 Å². The number of aromatic nitrogens is 2. The van der Waals surface area contributed by atoms with Gasteiger partial charge in [-0.25, -0.2) is 4.39 Å². The normalized spacial score (nSPS) is 19.9. The van der Waals surface area contributed by atoms with Crippen LogP contribution in [0.4, 0.5) is 4.39 Å². The smallest absolute Gasteiger partial charge is 0.151 e. The molecule has 24 heavy (non-hydrogen) atoms. The number of nitrogens with zero attached hydrogens (tertiary/aromatic N) is 3. The van der Waals surface area contributed by atoms with Crippen molar-refractivity contribution >= 4 is 16.6 Å². The zero-order valence-corrected chi connectivity index (χ0v) is 13.8. The Labute approximate surface area is 140 Å². The maximum absolute atomic E-state index is 13.8. The molecule has 0 radical (unpaired) electrons. The van der Waals surface area contributed by atoms with Crippen molar-refractivity contribution in [1.82, 2.24) is 10.2 Å². The lowest BCUT2D eigenvalue weighted by Gasteiger charge is -2.31. The monoisotopic (exact) mass is 319 g/mol. The van der Waals surface area contributed by atoms with Crippen molar-refractivity contribution < 1.29 is 4.39 Å². The molecular formula is C20H18FN3. The van der Waals surface area contributed by atoms with Gasteiger partial charge in [0.1, 0.15) is 11.2 Å². The molecule has 1 aromatic heterocycles. The number of aliphatic imine (C=N–C) groups is 1. The zero-order chi connectivity index (χ0) is 16.7. The highest BCUT2D eigenvalue weighted by Gasteiger charge is 2.30. The van der Waals surface area contributed by atoms with E-state index >= 15 is 0 Å². The van der Waals surface area contributed by atoms with Crippen molar-refractivity contribution in [2.75, 3.05) is 0 Å². The summed E-state index contributed by atoms with van der Waals surface area (Å²) in [4.78, 5) is 4.99. The Morgan fingerprint density at radius 3 is 2.75 bits per heavy atom. The molecule has 120 valence electrons. The molecule has 0 saturated carbocycles. The highest BCUT2D eigenvalue weighted by Crippen LogP contribution is 2.31. The average Bonchev–Trinajstić information content (AvgIpc) is 2.61. The molecule has 4 heteroatoms. The van der Waals surface area contributed by atoms with Crippen LogP contribution in [0.25, 0.3) is 10.9 Å². The third-order valence-electron chi connectivity index (χ3n) is 4.80. The minimum absolute atomic E-state index is 0.151. The van der Waals surface area contributed by atoms with Crippen LogP contribution in [-0.2, 0) is 6.42 Å². The summed E-state index contributed by atoms with van der Waals surface area (Å²) >= 11 is 0. The highest BCUT2D eigenvalue weighted by atomic mass is 19.1. The predicted octanol–water partition coefficient (Wildman–Crippen LogP) is 4.33. The van der Waals surface area contributed by atoms with Gasteiger partial charge < -0.3 is 0 Å².